The lowest BCUT2D eigenvalue weighted by Crippen LogP contribution is -2.45. The molecule has 1 aliphatic heterocycles. The quantitative estimate of drug-likeness (QED) is 0.198. The van der Waals surface area contributed by atoms with Gasteiger partial charge in [-0.15, -0.1) is 24.0 Å². The molecular weight excluding hydrogens is 479 g/mol. The zero-order valence-corrected chi connectivity index (χ0v) is 21.1. The second kappa shape index (κ2) is 15.3. The van der Waals surface area contributed by atoms with Crippen molar-refractivity contribution < 1.29 is 9.53 Å². The van der Waals surface area contributed by atoms with Gasteiger partial charge < -0.3 is 20.3 Å². The first-order chi connectivity index (χ1) is 13.6. The van der Waals surface area contributed by atoms with Crippen LogP contribution in [0.15, 0.2) is 4.99 Å². The van der Waals surface area contributed by atoms with Crippen LogP contribution in [0.4, 0.5) is 0 Å². The number of halogens is 1. The largest absolute Gasteiger partial charge is 0.378 e. The number of hydrogen-bond acceptors (Lipinski definition) is 3. The first kappa shape index (κ1) is 26.5. The Hall–Kier alpha value is -0.570. The molecular formula is C22H43IN4O2. The maximum absolute atomic E-state index is 12.1. The molecule has 1 amide bonds. The second-order valence-corrected chi connectivity index (χ2v) is 8.52. The average Bonchev–Trinajstić information content (AvgIpc) is 3.15. The van der Waals surface area contributed by atoms with Crippen molar-refractivity contribution in [1.82, 2.24) is 15.5 Å². The van der Waals surface area contributed by atoms with Crippen molar-refractivity contribution in [2.24, 2.45) is 10.9 Å². The molecule has 1 aliphatic carbocycles. The number of carbonyl (C=O) groups is 1. The number of unbranched alkanes of at least 4 members (excludes halogenated alkanes) is 2. The summed E-state index contributed by atoms with van der Waals surface area (Å²) in [4.78, 5) is 18.8. The first-order valence-corrected chi connectivity index (χ1v) is 11.6. The number of ether oxygens (including phenoxy) is 1. The fourth-order valence-electron chi connectivity index (χ4n) is 4.02. The Morgan fingerprint density at radius 3 is 2.59 bits per heavy atom. The fourth-order valence-corrected chi connectivity index (χ4v) is 4.02. The molecule has 2 fully saturated rings. The second-order valence-electron chi connectivity index (χ2n) is 8.52. The van der Waals surface area contributed by atoms with Gasteiger partial charge in [0.2, 0.25) is 5.91 Å². The number of nitrogens with one attached hydrogen (secondary N) is 2. The molecule has 1 atom stereocenters. The van der Waals surface area contributed by atoms with E-state index < -0.39 is 0 Å². The topological polar surface area (TPSA) is 66.0 Å². The smallest absolute Gasteiger partial charge is 0.225 e. The number of rotatable bonds is 10. The van der Waals surface area contributed by atoms with E-state index in [0.29, 0.717) is 12.1 Å². The highest BCUT2D eigenvalue weighted by Gasteiger charge is 2.27. The van der Waals surface area contributed by atoms with Gasteiger partial charge in [0.15, 0.2) is 5.96 Å². The standard InChI is InChI=1S/C22H42N4O2.HI/c1-4-23-22(25-19-13-15-26(17-19)21(27)18(2)3)24-14-9-6-10-16-28-20-11-7-5-8-12-20;/h18-20H,4-17H2,1-3H3,(H2,23,24,25);1H. The maximum Gasteiger partial charge on any atom is 0.225 e. The van der Waals surface area contributed by atoms with Crippen LogP contribution in [-0.2, 0) is 9.53 Å². The third-order valence-electron chi connectivity index (χ3n) is 5.66. The van der Waals surface area contributed by atoms with Gasteiger partial charge in [-0.25, -0.2) is 0 Å². The number of likely N-dealkylation sites (tertiary alicyclic amines) is 1. The van der Waals surface area contributed by atoms with Crippen molar-refractivity contribution in [1.29, 1.82) is 0 Å². The molecule has 2 aliphatic rings. The first-order valence-electron chi connectivity index (χ1n) is 11.6. The Morgan fingerprint density at radius 1 is 1.14 bits per heavy atom. The van der Waals surface area contributed by atoms with Crippen molar-refractivity contribution in [3.63, 3.8) is 0 Å². The van der Waals surface area contributed by atoms with Gasteiger partial charge in [0.1, 0.15) is 0 Å². The summed E-state index contributed by atoms with van der Waals surface area (Å²) >= 11 is 0. The Kier molecular flexibility index (Phi) is 13.9. The van der Waals surface area contributed by atoms with Crippen molar-refractivity contribution in [3.8, 4) is 0 Å². The minimum Gasteiger partial charge on any atom is -0.378 e. The molecule has 29 heavy (non-hydrogen) atoms. The molecule has 1 unspecified atom stereocenters. The minimum atomic E-state index is 0. The number of nitrogens with zero attached hydrogens (tertiary/aromatic N) is 2. The Morgan fingerprint density at radius 2 is 1.90 bits per heavy atom. The highest BCUT2D eigenvalue weighted by atomic mass is 127. The van der Waals surface area contributed by atoms with Crippen LogP contribution in [0.2, 0.25) is 0 Å². The van der Waals surface area contributed by atoms with Gasteiger partial charge in [-0.3, -0.25) is 9.79 Å². The monoisotopic (exact) mass is 522 g/mol. The third kappa shape index (κ3) is 10.3. The van der Waals surface area contributed by atoms with Crippen molar-refractivity contribution in [2.45, 2.75) is 90.7 Å². The number of aliphatic imine (C=N–C) groups is 1. The lowest BCUT2D eigenvalue weighted by atomic mass is 9.98. The molecule has 0 radical (unpaired) electrons. The summed E-state index contributed by atoms with van der Waals surface area (Å²) in [6, 6.07) is 0.296. The highest BCUT2D eigenvalue weighted by molar-refractivity contribution is 14.0. The minimum absolute atomic E-state index is 0. The van der Waals surface area contributed by atoms with E-state index >= 15 is 0 Å². The van der Waals surface area contributed by atoms with E-state index in [2.05, 4.69) is 17.6 Å². The van der Waals surface area contributed by atoms with E-state index in [1.54, 1.807) is 0 Å². The zero-order chi connectivity index (χ0) is 20.2. The fraction of sp³-hybridized carbons (Fsp3) is 0.909. The summed E-state index contributed by atoms with van der Waals surface area (Å²) in [5.74, 6) is 1.20. The molecule has 0 aromatic heterocycles. The molecule has 0 bridgehead atoms. The van der Waals surface area contributed by atoms with Gasteiger partial charge in [-0.05, 0) is 45.4 Å². The van der Waals surface area contributed by atoms with Gasteiger partial charge >= 0.3 is 0 Å². The summed E-state index contributed by atoms with van der Waals surface area (Å²) in [5, 5.41) is 6.84. The van der Waals surface area contributed by atoms with Crippen molar-refractivity contribution in [2.75, 3.05) is 32.8 Å². The van der Waals surface area contributed by atoms with Crippen LogP contribution in [0.1, 0.15) is 78.6 Å². The zero-order valence-electron chi connectivity index (χ0n) is 18.8. The van der Waals surface area contributed by atoms with Gasteiger partial charge in [-0.2, -0.15) is 0 Å². The highest BCUT2D eigenvalue weighted by Crippen LogP contribution is 2.20. The molecule has 7 heteroatoms. The normalized spacial score (nSPS) is 20.6. The average molecular weight is 523 g/mol. The lowest BCUT2D eigenvalue weighted by Gasteiger charge is -2.21. The Bertz CT molecular complexity index is 481. The number of amides is 1. The molecule has 0 aromatic carbocycles. The van der Waals surface area contributed by atoms with E-state index in [1.807, 2.05) is 18.7 Å². The van der Waals surface area contributed by atoms with Gasteiger partial charge in [0.05, 0.1) is 6.10 Å². The lowest BCUT2D eigenvalue weighted by molar-refractivity contribution is -0.133. The summed E-state index contributed by atoms with van der Waals surface area (Å²) < 4.78 is 5.99. The number of guanidine groups is 1. The van der Waals surface area contributed by atoms with E-state index in [1.165, 1.54) is 32.1 Å². The van der Waals surface area contributed by atoms with Crippen LogP contribution in [0.3, 0.4) is 0 Å². The molecule has 1 saturated heterocycles. The summed E-state index contributed by atoms with van der Waals surface area (Å²) in [6.07, 6.45) is 11.5. The third-order valence-corrected chi connectivity index (χ3v) is 5.66. The molecule has 2 rings (SSSR count). The van der Waals surface area contributed by atoms with E-state index in [0.717, 1.165) is 64.4 Å². The van der Waals surface area contributed by atoms with Crippen LogP contribution >= 0.6 is 24.0 Å². The predicted molar refractivity (Wildman–Crippen MR) is 131 cm³/mol. The predicted octanol–water partition coefficient (Wildman–Crippen LogP) is 3.94. The van der Waals surface area contributed by atoms with E-state index in [9.17, 15) is 4.79 Å². The molecule has 1 heterocycles. The van der Waals surface area contributed by atoms with Gasteiger partial charge in [0.25, 0.3) is 0 Å². The van der Waals surface area contributed by atoms with Crippen LogP contribution in [0.25, 0.3) is 0 Å². The number of hydrogen-bond donors (Lipinski definition) is 2. The van der Waals surface area contributed by atoms with Crippen LogP contribution in [0, 0.1) is 5.92 Å². The van der Waals surface area contributed by atoms with Gasteiger partial charge in [-0.1, -0.05) is 33.1 Å². The summed E-state index contributed by atoms with van der Waals surface area (Å²) in [7, 11) is 0. The summed E-state index contributed by atoms with van der Waals surface area (Å²) in [5.41, 5.74) is 0. The van der Waals surface area contributed by atoms with Crippen LogP contribution in [0.5, 0.6) is 0 Å². The van der Waals surface area contributed by atoms with Crippen molar-refractivity contribution >= 4 is 35.8 Å². The summed E-state index contributed by atoms with van der Waals surface area (Å²) in [6.45, 7) is 10.2. The van der Waals surface area contributed by atoms with E-state index in [-0.39, 0.29) is 35.8 Å². The van der Waals surface area contributed by atoms with Gasteiger partial charge in [0, 0.05) is 44.7 Å². The maximum atomic E-state index is 12.1. The SMILES string of the molecule is CCNC(=NCCCCCOC1CCCCC1)NC1CCN(C(=O)C(C)C)C1.I. The molecule has 0 spiro atoms. The Balaban J connectivity index is 0.00000420. The van der Waals surface area contributed by atoms with Crippen LogP contribution in [-0.4, -0.2) is 61.7 Å². The molecule has 2 N–H and O–H groups in total. The van der Waals surface area contributed by atoms with Crippen molar-refractivity contribution in [3.05, 3.63) is 0 Å². The molecule has 6 nitrogen and oxygen atoms in total. The molecule has 1 saturated carbocycles. The van der Waals surface area contributed by atoms with E-state index in [4.69, 9.17) is 9.73 Å². The molecule has 170 valence electrons. The number of carbonyl (C=O) groups excluding carboxylic acids is 1. The van der Waals surface area contributed by atoms with Crippen LogP contribution < -0.4 is 10.6 Å². The Labute approximate surface area is 195 Å². The molecule has 0 aromatic rings.